The molecule has 1 aromatic carbocycles. The van der Waals surface area contributed by atoms with Crippen molar-refractivity contribution in [1.29, 1.82) is 5.26 Å². The van der Waals surface area contributed by atoms with Crippen LogP contribution >= 0.6 is 11.6 Å². The topological polar surface area (TPSA) is 66.2 Å². The lowest BCUT2D eigenvalue weighted by atomic mass is 9.49. The first-order valence-corrected chi connectivity index (χ1v) is 11.1. The monoisotopic (exact) mass is 455 g/mol. The minimum Gasteiger partial charge on any atom is -0.489 e. The zero-order chi connectivity index (χ0) is 23.6. The van der Waals surface area contributed by atoms with Crippen LogP contribution in [0.1, 0.15) is 74.8 Å². The first-order valence-electron chi connectivity index (χ1n) is 10.8. The molecule has 0 atom stereocenters. The summed E-state index contributed by atoms with van der Waals surface area (Å²) in [6.07, 6.45) is -0.218. The largest absolute Gasteiger partial charge is 0.489 e. The highest BCUT2D eigenvalue weighted by Crippen LogP contribution is 2.59. The number of carbonyl (C=O) groups is 1. The van der Waals surface area contributed by atoms with E-state index in [2.05, 4.69) is 32.7 Å². The van der Waals surface area contributed by atoms with E-state index in [9.17, 15) is 9.18 Å². The fraction of sp³-hybridized carbons (Fsp3) is 0.480. The van der Waals surface area contributed by atoms with Crippen LogP contribution in [-0.2, 0) is 6.54 Å². The van der Waals surface area contributed by atoms with E-state index in [0.29, 0.717) is 34.3 Å². The molecule has 1 aromatic heterocycles. The van der Waals surface area contributed by atoms with Crippen molar-refractivity contribution in [2.45, 2.75) is 66.2 Å². The second kappa shape index (κ2) is 7.45. The molecular formula is C25H27ClFN3O2. The van der Waals surface area contributed by atoms with E-state index in [-0.39, 0.29) is 29.5 Å². The molecule has 1 aliphatic heterocycles. The van der Waals surface area contributed by atoms with Crippen molar-refractivity contribution < 1.29 is 13.9 Å². The van der Waals surface area contributed by atoms with Gasteiger partial charge in [0.25, 0.3) is 5.91 Å². The van der Waals surface area contributed by atoms with Gasteiger partial charge in [-0.15, -0.1) is 0 Å². The molecular weight excluding hydrogens is 429 g/mol. The standard InChI is InChI=1S/C25H27ClFN3O2/c1-13(2)18-10-17(27)20-19(29-18)12-30(21(20)31)22-24(3,4)23(25(22,5)6)32-15-8-7-14(11-28)16(26)9-15/h7-10,13,22-23H,12H2,1-6H3. The number of halogens is 2. The number of rotatable bonds is 4. The van der Waals surface area contributed by atoms with Crippen LogP contribution in [-0.4, -0.2) is 27.9 Å². The van der Waals surface area contributed by atoms with Crippen molar-refractivity contribution in [2.75, 3.05) is 0 Å². The van der Waals surface area contributed by atoms with E-state index in [0.717, 1.165) is 0 Å². The average molecular weight is 456 g/mol. The molecule has 0 unspecified atom stereocenters. The van der Waals surface area contributed by atoms with Crippen molar-refractivity contribution in [2.24, 2.45) is 10.8 Å². The Hall–Kier alpha value is -2.65. The van der Waals surface area contributed by atoms with Gasteiger partial charge in [-0.25, -0.2) is 4.39 Å². The SMILES string of the molecule is CC(C)c1cc(F)c2c(n1)CN(C1C(C)(C)C(Oc3ccc(C#N)c(Cl)c3)C1(C)C)C2=O. The highest BCUT2D eigenvalue weighted by Gasteiger charge is 2.67. The summed E-state index contributed by atoms with van der Waals surface area (Å²) in [5.74, 6) is -0.163. The Morgan fingerprint density at radius 2 is 1.91 bits per heavy atom. The first-order chi connectivity index (χ1) is 14.9. The van der Waals surface area contributed by atoms with Crippen LogP contribution in [0.3, 0.4) is 0 Å². The predicted octanol–water partition coefficient (Wildman–Crippen LogP) is 5.71. The summed E-state index contributed by atoms with van der Waals surface area (Å²) >= 11 is 6.17. The molecule has 32 heavy (non-hydrogen) atoms. The van der Waals surface area contributed by atoms with E-state index < -0.39 is 16.6 Å². The number of ether oxygens (including phenoxy) is 1. The van der Waals surface area contributed by atoms with Crippen LogP contribution in [0.15, 0.2) is 24.3 Å². The molecule has 0 saturated heterocycles. The van der Waals surface area contributed by atoms with Crippen LogP contribution in [0.25, 0.3) is 0 Å². The summed E-state index contributed by atoms with van der Waals surface area (Å²) in [7, 11) is 0. The zero-order valence-corrected chi connectivity index (χ0v) is 19.9. The van der Waals surface area contributed by atoms with Gasteiger partial charge < -0.3 is 9.64 Å². The third-order valence-corrected chi connectivity index (χ3v) is 7.15. The molecule has 4 rings (SSSR count). The Balaban J connectivity index is 1.62. The van der Waals surface area contributed by atoms with Crippen LogP contribution < -0.4 is 4.74 Å². The number of hydrogen-bond acceptors (Lipinski definition) is 4. The Morgan fingerprint density at radius 1 is 1.25 bits per heavy atom. The van der Waals surface area contributed by atoms with Gasteiger partial charge in [0.1, 0.15) is 23.7 Å². The van der Waals surface area contributed by atoms with Gasteiger partial charge >= 0.3 is 0 Å². The summed E-state index contributed by atoms with van der Waals surface area (Å²) in [6.45, 7) is 12.4. The molecule has 168 valence electrons. The lowest BCUT2D eigenvalue weighted by Gasteiger charge is -2.65. The minimum atomic E-state index is -0.499. The summed E-state index contributed by atoms with van der Waals surface area (Å²) in [4.78, 5) is 19.6. The number of pyridine rings is 1. The van der Waals surface area contributed by atoms with Gasteiger partial charge in [-0.05, 0) is 24.1 Å². The highest BCUT2D eigenvalue weighted by atomic mass is 35.5. The highest BCUT2D eigenvalue weighted by molar-refractivity contribution is 6.31. The minimum absolute atomic E-state index is 0.0764. The lowest BCUT2D eigenvalue weighted by molar-refractivity contribution is -0.199. The molecule has 1 saturated carbocycles. The van der Waals surface area contributed by atoms with Gasteiger partial charge in [0, 0.05) is 28.6 Å². The van der Waals surface area contributed by atoms with Crippen molar-refractivity contribution in [1.82, 2.24) is 9.88 Å². The maximum Gasteiger partial charge on any atom is 0.259 e. The van der Waals surface area contributed by atoms with Gasteiger partial charge in [0.2, 0.25) is 0 Å². The molecule has 5 nitrogen and oxygen atoms in total. The Kier molecular flexibility index (Phi) is 5.25. The Morgan fingerprint density at radius 3 is 2.47 bits per heavy atom. The predicted molar refractivity (Wildman–Crippen MR) is 120 cm³/mol. The number of fused-ring (bicyclic) bond motifs is 1. The second-order valence-electron chi connectivity index (χ2n) is 10.2. The molecule has 1 amide bonds. The van der Waals surface area contributed by atoms with E-state index in [1.54, 1.807) is 23.1 Å². The molecule has 0 spiro atoms. The maximum absolute atomic E-state index is 14.8. The van der Waals surface area contributed by atoms with Crippen molar-refractivity contribution >= 4 is 17.5 Å². The number of aromatic nitrogens is 1. The molecule has 2 aromatic rings. The zero-order valence-electron chi connectivity index (χ0n) is 19.2. The van der Waals surface area contributed by atoms with Crippen LogP contribution in [0.2, 0.25) is 5.02 Å². The third kappa shape index (κ3) is 3.26. The summed E-state index contributed by atoms with van der Waals surface area (Å²) in [5, 5.41) is 9.43. The Labute approximate surface area is 193 Å². The first kappa shape index (κ1) is 22.5. The molecule has 2 heterocycles. The van der Waals surface area contributed by atoms with E-state index in [1.807, 2.05) is 19.9 Å². The number of carbonyl (C=O) groups excluding carboxylic acids is 1. The van der Waals surface area contributed by atoms with E-state index >= 15 is 0 Å². The molecule has 2 aliphatic rings. The summed E-state index contributed by atoms with van der Waals surface area (Å²) in [6, 6.07) is 8.26. The molecule has 0 bridgehead atoms. The Bertz CT molecular complexity index is 1140. The fourth-order valence-corrected chi connectivity index (χ4v) is 6.03. The number of nitrogens with zero attached hydrogens (tertiary/aromatic N) is 3. The molecule has 1 aliphatic carbocycles. The normalized spacial score (nSPS) is 23.0. The van der Waals surface area contributed by atoms with Crippen LogP contribution in [0.5, 0.6) is 5.75 Å². The maximum atomic E-state index is 14.8. The van der Waals surface area contributed by atoms with Gasteiger partial charge in [-0.3, -0.25) is 9.78 Å². The van der Waals surface area contributed by atoms with Crippen LogP contribution in [0, 0.1) is 28.0 Å². The second-order valence-corrected chi connectivity index (χ2v) is 10.6. The number of amides is 1. The number of benzene rings is 1. The van der Waals surface area contributed by atoms with Gasteiger partial charge in [0.15, 0.2) is 0 Å². The fourth-order valence-electron chi connectivity index (χ4n) is 5.82. The molecule has 0 N–H and O–H groups in total. The van der Waals surface area contributed by atoms with Crippen molar-refractivity contribution in [3.8, 4) is 11.8 Å². The van der Waals surface area contributed by atoms with Crippen LogP contribution in [0.4, 0.5) is 4.39 Å². The lowest BCUT2D eigenvalue weighted by Crippen LogP contribution is -2.74. The van der Waals surface area contributed by atoms with E-state index in [4.69, 9.17) is 21.6 Å². The smallest absolute Gasteiger partial charge is 0.259 e. The van der Waals surface area contributed by atoms with Crippen molar-refractivity contribution in [3.05, 3.63) is 57.6 Å². The van der Waals surface area contributed by atoms with Gasteiger partial charge in [-0.1, -0.05) is 53.1 Å². The average Bonchev–Trinajstić information content (AvgIpc) is 3.01. The third-order valence-electron chi connectivity index (χ3n) is 6.84. The van der Waals surface area contributed by atoms with Crippen molar-refractivity contribution in [3.63, 3.8) is 0 Å². The van der Waals surface area contributed by atoms with E-state index in [1.165, 1.54) is 6.07 Å². The van der Waals surface area contributed by atoms with Gasteiger partial charge in [-0.2, -0.15) is 5.26 Å². The summed E-state index contributed by atoms with van der Waals surface area (Å²) < 4.78 is 21.1. The summed E-state index contributed by atoms with van der Waals surface area (Å²) in [5.41, 5.74) is 0.831. The quantitative estimate of drug-likeness (QED) is 0.592. The molecule has 0 radical (unpaired) electrons. The molecule has 1 fully saturated rings. The number of hydrogen-bond donors (Lipinski definition) is 0. The van der Waals surface area contributed by atoms with Gasteiger partial charge in [0.05, 0.1) is 28.4 Å². The molecule has 7 heteroatoms. The number of nitriles is 1.